The third-order valence-corrected chi connectivity index (χ3v) is 18.6. The molecule has 0 bridgehead atoms. The topological polar surface area (TPSA) is 155 Å². The van der Waals surface area contributed by atoms with Crippen molar-refractivity contribution in [2.24, 2.45) is 5.73 Å². The summed E-state index contributed by atoms with van der Waals surface area (Å²) in [6.07, 6.45) is -3.43. The van der Waals surface area contributed by atoms with Crippen molar-refractivity contribution in [1.29, 1.82) is 0 Å². The lowest BCUT2D eigenvalue weighted by atomic mass is 9.89. The Morgan fingerprint density at radius 1 is 1.00 bits per heavy atom. The normalized spacial score (nSPS) is 26.6. The number of ether oxygens (including phenoxy) is 1. The Hall–Kier alpha value is -2.08. The summed E-state index contributed by atoms with van der Waals surface area (Å²) >= 11 is 0. The molecule has 0 radical (unpaired) electrons. The van der Waals surface area contributed by atoms with E-state index in [1.807, 2.05) is 33.9 Å². The van der Waals surface area contributed by atoms with Gasteiger partial charge in [-0.15, -0.1) is 0 Å². The molecule has 1 fully saturated rings. The van der Waals surface area contributed by atoms with Crippen molar-refractivity contribution in [2.75, 3.05) is 6.61 Å². The van der Waals surface area contributed by atoms with E-state index in [1.54, 1.807) is 30.3 Å². The van der Waals surface area contributed by atoms with Crippen LogP contribution >= 0.6 is 0 Å². The zero-order chi connectivity index (χ0) is 31.2. The first-order valence-electron chi connectivity index (χ1n) is 13.6. The number of hydrogen-bond acceptors (Lipinski definition) is 9. The quantitative estimate of drug-likeness (QED) is 0.298. The predicted octanol–water partition coefficient (Wildman–Crippen LogP) is 4.16. The highest BCUT2D eigenvalue weighted by Crippen LogP contribution is 2.49. The van der Waals surface area contributed by atoms with Gasteiger partial charge < -0.3 is 24.6 Å². The minimum absolute atomic E-state index is 0.0549. The SMILES string of the molecule is CC(C)(C)[Si](C)(C)OCC1OC(NC(=O)NC(=O)c2ccccc2)C(O[Si](C)(C)C(C)(C)C)C12OS(=O)(=O)C=C2N. The van der Waals surface area contributed by atoms with Crippen molar-refractivity contribution >= 4 is 38.7 Å². The van der Waals surface area contributed by atoms with Crippen molar-refractivity contribution in [2.45, 2.75) is 102 Å². The first-order valence-corrected chi connectivity index (χ1v) is 20.9. The summed E-state index contributed by atoms with van der Waals surface area (Å²) in [5.74, 6) is -0.616. The molecule has 11 nitrogen and oxygen atoms in total. The third-order valence-electron chi connectivity index (χ3n) is 8.63. The summed E-state index contributed by atoms with van der Waals surface area (Å²) in [6.45, 7) is 20.4. The van der Waals surface area contributed by atoms with Crippen molar-refractivity contribution in [3.8, 4) is 0 Å². The van der Waals surface area contributed by atoms with Crippen LogP contribution in [0.2, 0.25) is 36.3 Å². The standard InChI is InChI=1S/C27H45N3O8SSi2/c1-25(2,3)40(7,8)35-16-20-27(19(28)17-39(33,34)38-27)21(37-41(9,10)26(4,5)6)23(36-20)30-24(32)29-22(31)18-14-12-11-13-15-18/h11-15,17,20-21,23H,16,28H2,1-10H3,(H2,29,30,31,32). The minimum atomic E-state index is -4.19. The molecule has 3 rings (SSSR count). The average Bonchev–Trinajstić information content (AvgIpc) is 3.22. The molecule has 230 valence electrons. The Kier molecular flexibility index (Phi) is 9.14. The lowest BCUT2D eigenvalue weighted by Gasteiger charge is -2.43. The highest BCUT2D eigenvalue weighted by molar-refractivity contribution is 7.90. The molecule has 4 unspecified atom stereocenters. The summed E-state index contributed by atoms with van der Waals surface area (Å²) in [7, 11) is -9.17. The van der Waals surface area contributed by atoms with Gasteiger partial charge in [0.25, 0.3) is 16.0 Å². The van der Waals surface area contributed by atoms with Crippen molar-refractivity contribution in [1.82, 2.24) is 10.6 Å². The van der Waals surface area contributed by atoms with Gasteiger partial charge in [-0.05, 0) is 48.4 Å². The molecule has 14 heteroatoms. The maximum absolute atomic E-state index is 13.1. The number of carbonyl (C=O) groups is 2. The highest BCUT2D eigenvalue weighted by atomic mass is 32.2. The molecule has 2 heterocycles. The van der Waals surface area contributed by atoms with Crippen LogP contribution in [0.1, 0.15) is 51.9 Å². The Morgan fingerprint density at radius 2 is 1.56 bits per heavy atom. The van der Waals surface area contributed by atoms with Crippen LogP contribution in [0.15, 0.2) is 41.4 Å². The second-order valence-electron chi connectivity index (χ2n) is 13.7. The lowest BCUT2D eigenvalue weighted by Crippen LogP contribution is -2.61. The van der Waals surface area contributed by atoms with Gasteiger partial charge in [0.2, 0.25) is 0 Å². The molecule has 0 aliphatic carbocycles. The largest absolute Gasteiger partial charge is 0.414 e. The summed E-state index contributed by atoms with van der Waals surface area (Å²) in [5.41, 5.74) is 4.81. The summed E-state index contributed by atoms with van der Waals surface area (Å²) in [5, 5.41) is 5.37. The van der Waals surface area contributed by atoms with E-state index in [4.69, 9.17) is 23.5 Å². The molecular weight excluding hydrogens is 583 g/mol. The van der Waals surface area contributed by atoms with Gasteiger partial charge in [0.1, 0.15) is 12.2 Å². The van der Waals surface area contributed by atoms with E-state index < -0.39 is 62.7 Å². The second-order valence-corrected chi connectivity index (χ2v) is 24.6. The number of carbonyl (C=O) groups excluding carboxylic acids is 2. The molecule has 2 aliphatic rings. The molecule has 0 aromatic heterocycles. The fourth-order valence-corrected chi connectivity index (χ4v) is 7.58. The fraction of sp³-hybridized carbons (Fsp3) is 0.630. The minimum Gasteiger partial charge on any atom is -0.414 e. The van der Waals surface area contributed by atoms with Gasteiger partial charge in [-0.1, -0.05) is 59.7 Å². The molecule has 0 saturated carbocycles. The average molecular weight is 628 g/mol. The van der Waals surface area contributed by atoms with Crippen molar-refractivity contribution in [3.63, 3.8) is 0 Å². The van der Waals surface area contributed by atoms with Crippen LogP contribution in [0, 0.1) is 0 Å². The number of nitrogens with one attached hydrogen (secondary N) is 2. The van der Waals surface area contributed by atoms with Gasteiger partial charge in [0.05, 0.1) is 17.7 Å². The van der Waals surface area contributed by atoms with Crippen LogP contribution in [0.3, 0.4) is 0 Å². The van der Waals surface area contributed by atoms with Crippen LogP contribution in [-0.2, 0) is 27.9 Å². The molecule has 4 atom stereocenters. The Bertz CT molecular complexity index is 1290. The lowest BCUT2D eigenvalue weighted by molar-refractivity contribution is -0.0420. The predicted molar refractivity (Wildman–Crippen MR) is 161 cm³/mol. The van der Waals surface area contributed by atoms with E-state index in [2.05, 4.69) is 44.5 Å². The van der Waals surface area contributed by atoms with Crippen LogP contribution in [0.25, 0.3) is 0 Å². The maximum atomic E-state index is 13.1. The van der Waals surface area contributed by atoms with Crippen LogP contribution in [0.4, 0.5) is 4.79 Å². The molecule has 41 heavy (non-hydrogen) atoms. The molecule has 1 saturated heterocycles. The summed E-state index contributed by atoms with van der Waals surface area (Å²) < 4.78 is 50.8. The fourth-order valence-electron chi connectivity index (χ4n) is 4.07. The number of benzene rings is 1. The third kappa shape index (κ3) is 6.95. The number of hydrogen-bond donors (Lipinski definition) is 3. The van der Waals surface area contributed by atoms with Crippen LogP contribution in [-0.4, -0.2) is 67.6 Å². The Morgan fingerprint density at radius 3 is 2.05 bits per heavy atom. The van der Waals surface area contributed by atoms with Gasteiger partial charge >= 0.3 is 6.03 Å². The molecular formula is C27H45N3O8SSi2. The molecule has 1 aromatic carbocycles. The van der Waals surface area contributed by atoms with Crippen LogP contribution < -0.4 is 16.4 Å². The monoisotopic (exact) mass is 627 g/mol. The molecule has 1 aromatic rings. The number of nitrogens with two attached hydrogens (primary N) is 1. The van der Waals surface area contributed by atoms with E-state index in [0.29, 0.717) is 5.56 Å². The zero-order valence-electron chi connectivity index (χ0n) is 25.7. The number of imide groups is 1. The highest BCUT2D eigenvalue weighted by Gasteiger charge is 2.67. The number of amides is 3. The van der Waals surface area contributed by atoms with Gasteiger partial charge in [0.15, 0.2) is 28.5 Å². The van der Waals surface area contributed by atoms with Crippen molar-refractivity contribution < 1.29 is 35.8 Å². The van der Waals surface area contributed by atoms with Crippen LogP contribution in [0.5, 0.6) is 0 Å². The van der Waals surface area contributed by atoms with Gasteiger partial charge in [0, 0.05) is 5.56 Å². The molecule has 1 spiro atoms. The maximum Gasteiger partial charge on any atom is 0.323 e. The number of urea groups is 1. The van der Waals surface area contributed by atoms with E-state index in [-0.39, 0.29) is 22.4 Å². The van der Waals surface area contributed by atoms with Gasteiger partial charge in [-0.3, -0.25) is 10.1 Å². The smallest absolute Gasteiger partial charge is 0.323 e. The molecule has 3 amide bonds. The van der Waals surface area contributed by atoms with Gasteiger partial charge in [-0.2, -0.15) is 8.42 Å². The first-order chi connectivity index (χ1) is 18.5. The first kappa shape index (κ1) is 33.4. The van der Waals surface area contributed by atoms with Gasteiger partial charge in [-0.25, -0.2) is 8.98 Å². The molecule has 4 N–H and O–H groups in total. The Balaban J connectivity index is 2.02. The van der Waals surface area contributed by atoms with E-state index in [1.165, 1.54) is 0 Å². The van der Waals surface area contributed by atoms with Crippen molar-refractivity contribution in [3.05, 3.63) is 47.0 Å². The summed E-state index contributed by atoms with van der Waals surface area (Å²) in [6, 6.07) is 7.41. The summed E-state index contributed by atoms with van der Waals surface area (Å²) in [4.78, 5) is 25.7. The zero-order valence-corrected chi connectivity index (χ0v) is 28.5. The second kappa shape index (κ2) is 11.2. The van der Waals surface area contributed by atoms with E-state index in [0.717, 1.165) is 5.41 Å². The Labute approximate surface area is 245 Å². The van der Waals surface area contributed by atoms with E-state index in [9.17, 15) is 18.0 Å². The van der Waals surface area contributed by atoms with E-state index >= 15 is 0 Å². The molecule has 2 aliphatic heterocycles. The number of rotatable bonds is 7.